The van der Waals surface area contributed by atoms with Crippen molar-refractivity contribution in [3.05, 3.63) is 30.1 Å². The van der Waals surface area contributed by atoms with Gasteiger partial charge in [0.05, 0.1) is 12.6 Å². The van der Waals surface area contributed by atoms with Crippen molar-refractivity contribution in [1.82, 2.24) is 25.4 Å². The minimum absolute atomic E-state index is 0.0700. The Hall–Kier alpha value is -3.50. The number of Topliss-reactive ketones (excluding diaryl/α,β-unsaturated/α-hetero) is 1. The van der Waals surface area contributed by atoms with Gasteiger partial charge in [-0.25, -0.2) is 4.79 Å². The Morgan fingerprint density at radius 3 is 2.45 bits per heavy atom. The Labute approximate surface area is 191 Å². The molecule has 0 aliphatic carbocycles. The molecule has 3 heterocycles. The summed E-state index contributed by atoms with van der Waals surface area (Å²) in [6.45, 7) is 3.64. The van der Waals surface area contributed by atoms with E-state index in [1.807, 2.05) is 0 Å². The lowest BCUT2D eigenvalue weighted by atomic mass is 10.0. The lowest BCUT2D eigenvalue weighted by molar-refractivity contribution is -0.138. The maximum atomic E-state index is 12.5. The Balaban J connectivity index is 1.41. The van der Waals surface area contributed by atoms with Gasteiger partial charge in [-0.15, -0.1) is 0 Å². The minimum atomic E-state index is -0.900. The number of hydrogen-bond acceptors (Lipinski definition) is 7. The van der Waals surface area contributed by atoms with Crippen molar-refractivity contribution in [3.8, 4) is 0 Å². The van der Waals surface area contributed by atoms with Crippen LogP contribution in [0.25, 0.3) is 0 Å². The van der Waals surface area contributed by atoms with Gasteiger partial charge in [-0.05, 0) is 50.8 Å². The van der Waals surface area contributed by atoms with Crippen LogP contribution < -0.4 is 10.6 Å². The van der Waals surface area contributed by atoms with Crippen molar-refractivity contribution in [1.29, 1.82) is 0 Å². The Kier molecular flexibility index (Phi) is 7.96. The van der Waals surface area contributed by atoms with Crippen molar-refractivity contribution in [2.75, 3.05) is 19.6 Å². The fourth-order valence-electron chi connectivity index (χ4n) is 3.87. The molecule has 0 unspecified atom stereocenters. The molecule has 2 saturated heterocycles. The van der Waals surface area contributed by atoms with E-state index in [1.54, 1.807) is 24.5 Å². The van der Waals surface area contributed by atoms with Crippen molar-refractivity contribution in [2.24, 2.45) is 0 Å². The van der Waals surface area contributed by atoms with E-state index in [9.17, 15) is 24.0 Å². The highest BCUT2D eigenvalue weighted by molar-refractivity contribution is 5.94. The van der Waals surface area contributed by atoms with E-state index >= 15 is 0 Å². The number of likely N-dealkylation sites (tertiary alicyclic amines) is 2. The van der Waals surface area contributed by atoms with Crippen molar-refractivity contribution < 1.29 is 28.7 Å². The predicted octanol–water partition coefficient (Wildman–Crippen LogP) is -0.00660. The zero-order chi connectivity index (χ0) is 24.0. The second-order valence-corrected chi connectivity index (χ2v) is 8.21. The standard InChI is InChI=1S/C22H29N5O6/c1-14(20(30)24-12-19(29)26-10-3-4-17(26)15(2)28)25-21(31)18-7-11-27(18)22(32)33-13-16-5-8-23-9-6-16/h5-6,8-9,14,17-18H,3-4,7,10-13H2,1-2H3,(H,24,30)(H,25,31)/t14-,17-,18-/m0/s1. The number of aromatic nitrogens is 1. The SMILES string of the molecule is CC(=O)[C@@H]1CCCN1C(=O)CNC(=O)[C@H](C)NC(=O)[C@@H]1CCN1C(=O)OCc1ccncc1. The van der Waals surface area contributed by atoms with Crippen LogP contribution in [0, 0.1) is 0 Å². The largest absolute Gasteiger partial charge is 0.445 e. The molecule has 1 aromatic heterocycles. The normalized spacial score (nSPS) is 20.4. The number of rotatable bonds is 8. The van der Waals surface area contributed by atoms with Gasteiger partial charge in [-0.2, -0.15) is 0 Å². The number of amides is 4. The van der Waals surface area contributed by atoms with Gasteiger partial charge < -0.3 is 20.3 Å². The first kappa shape index (κ1) is 24.1. The van der Waals surface area contributed by atoms with Crippen molar-refractivity contribution in [3.63, 3.8) is 0 Å². The van der Waals surface area contributed by atoms with E-state index in [0.29, 0.717) is 25.9 Å². The molecule has 2 aliphatic rings. The third-order valence-corrected chi connectivity index (χ3v) is 5.88. The van der Waals surface area contributed by atoms with Crippen LogP contribution >= 0.6 is 0 Å². The summed E-state index contributed by atoms with van der Waals surface area (Å²) in [5.74, 6) is -1.40. The number of ketones is 1. The lowest BCUT2D eigenvalue weighted by Gasteiger charge is -2.39. The van der Waals surface area contributed by atoms with E-state index in [1.165, 1.54) is 23.6 Å². The van der Waals surface area contributed by atoms with E-state index in [2.05, 4.69) is 15.6 Å². The smallest absolute Gasteiger partial charge is 0.410 e. The van der Waals surface area contributed by atoms with E-state index in [0.717, 1.165) is 12.0 Å². The molecule has 0 aromatic carbocycles. The quantitative estimate of drug-likeness (QED) is 0.558. The summed E-state index contributed by atoms with van der Waals surface area (Å²) >= 11 is 0. The molecule has 178 valence electrons. The molecule has 11 heteroatoms. The van der Waals surface area contributed by atoms with Crippen LogP contribution in [-0.2, 0) is 30.5 Å². The number of carbonyl (C=O) groups excluding carboxylic acids is 5. The minimum Gasteiger partial charge on any atom is -0.445 e. The van der Waals surface area contributed by atoms with Gasteiger partial charge in [0, 0.05) is 25.5 Å². The fourth-order valence-corrected chi connectivity index (χ4v) is 3.87. The third kappa shape index (κ3) is 6.05. The highest BCUT2D eigenvalue weighted by Crippen LogP contribution is 2.20. The maximum absolute atomic E-state index is 12.5. The predicted molar refractivity (Wildman–Crippen MR) is 116 cm³/mol. The van der Waals surface area contributed by atoms with Crippen LogP contribution in [-0.4, -0.2) is 82.1 Å². The number of pyridine rings is 1. The van der Waals surface area contributed by atoms with Crippen LogP contribution in [0.3, 0.4) is 0 Å². The van der Waals surface area contributed by atoms with E-state index < -0.39 is 36.0 Å². The molecule has 2 aliphatic heterocycles. The van der Waals surface area contributed by atoms with Crippen LogP contribution in [0.15, 0.2) is 24.5 Å². The van der Waals surface area contributed by atoms with Crippen LogP contribution in [0.4, 0.5) is 4.79 Å². The topological polar surface area (TPSA) is 138 Å². The molecule has 0 saturated carbocycles. The highest BCUT2D eigenvalue weighted by atomic mass is 16.6. The summed E-state index contributed by atoms with van der Waals surface area (Å²) in [7, 11) is 0. The zero-order valence-corrected chi connectivity index (χ0v) is 18.8. The fraction of sp³-hybridized carbons (Fsp3) is 0.545. The first-order valence-electron chi connectivity index (χ1n) is 11.0. The molecule has 4 amide bonds. The second-order valence-electron chi connectivity index (χ2n) is 8.21. The molecule has 3 rings (SSSR count). The van der Waals surface area contributed by atoms with E-state index in [4.69, 9.17) is 4.74 Å². The molecular formula is C22H29N5O6. The number of carbonyl (C=O) groups is 5. The zero-order valence-electron chi connectivity index (χ0n) is 18.8. The summed E-state index contributed by atoms with van der Waals surface area (Å²) < 4.78 is 5.24. The van der Waals surface area contributed by atoms with E-state index in [-0.39, 0.29) is 24.8 Å². The first-order valence-corrected chi connectivity index (χ1v) is 11.0. The number of ether oxygens (including phenoxy) is 1. The first-order chi connectivity index (χ1) is 15.8. The van der Waals surface area contributed by atoms with Gasteiger partial charge in [0.15, 0.2) is 5.78 Å². The number of hydrogen-bond donors (Lipinski definition) is 2. The van der Waals surface area contributed by atoms with Crippen LogP contribution in [0.2, 0.25) is 0 Å². The molecule has 0 bridgehead atoms. The monoisotopic (exact) mass is 459 g/mol. The average Bonchev–Trinajstić information content (AvgIpc) is 3.26. The number of nitrogens with one attached hydrogen (secondary N) is 2. The molecule has 33 heavy (non-hydrogen) atoms. The van der Waals surface area contributed by atoms with Gasteiger partial charge in [-0.3, -0.25) is 29.1 Å². The van der Waals surface area contributed by atoms with Gasteiger partial charge in [0.2, 0.25) is 17.7 Å². The summed E-state index contributed by atoms with van der Waals surface area (Å²) in [6, 6.07) is 1.40. The summed E-state index contributed by atoms with van der Waals surface area (Å²) in [5, 5.41) is 5.08. The van der Waals surface area contributed by atoms with Crippen molar-refractivity contribution in [2.45, 2.75) is 57.8 Å². The average molecular weight is 460 g/mol. The lowest BCUT2D eigenvalue weighted by Crippen LogP contribution is -2.60. The van der Waals surface area contributed by atoms with Crippen LogP contribution in [0.1, 0.15) is 38.7 Å². The second kappa shape index (κ2) is 10.9. The highest BCUT2D eigenvalue weighted by Gasteiger charge is 2.39. The molecule has 11 nitrogen and oxygen atoms in total. The van der Waals surface area contributed by atoms with Gasteiger partial charge in [-0.1, -0.05) is 0 Å². The van der Waals surface area contributed by atoms with Gasteiger partial charge in [0.25, 0.3) is 0 Å². The third-order valence-electron chi connectivity index (χ3n) is 5.88. The Morgan fingerprint density at radius 1 is 1.09 bits per heavy atom. The molecule has 2 fully saturated rings. The molecular weight excluding hydrogens is 430 g/mol. The van der Waals surface area contributed by atoms with Gasteiger partial charge >= 0.3 is 6.09 Å². The van der Waals surface area contributed by atoms with Gasteiger partial charge in [0.1, 0.15) is 18.7 Å². The Morgan fingerprint density at radius 2 is 1.82 bits per heavy atom. The maximum Gasteiger partial charge on any atom is 0.410 e. The number of nitrogens with zero attached hydrogens (tertiary/aromatic N) is 3. The molecule has 2 N–H and O–H groups in total. The van der Waals surface area contributed by atoms with Crippen LogP contribution in [0.5, 0.6) is 0 Å². The molecule has 1 aromatic rings. The summed E-state index contributed by atoms with van der Waals surface area (Å²) in [4.78, 5) is 67.8. The van der Waals surface area contributed by atoms with Crippen molar-refractivity contribution >= 4 is 29.6 Å². The summed E-state index contributed by atoms with van der Waals surface area (Å²) in [6.07, 6.45) is 4.42. The molecule has 0 radical (unpaired) electrons. The Bertz CT molecular complexity index is 908. The summed E-state index contributed by atoms with van der Waals surface area (Å²) in [5.41, 5.74) is 0.781. The molecule has 3 atom stereocenters. The molecule has 0 spiro atoms.